The van der Waals surface area contributed by atoms with Crippen molar-refractivity contribution in [3.8, 4) is 17.0 Å². The number of phenols is 1. The maximum absolute atomic E-state index is 13.0. The number of aliphatic hydroxyl groups excluding tert-OH is 1. The number of alkyl halides is 3. The number of phenolic OH excluding ortho intramolecular Hbond substituents is 1. The normalized spacial score (nSPS) is 23.5. The number of likely N-dealkylation sites (tertiary alicyclic amines) is 2. The molecule has 3 aliphatic rings. The van der Waals surface area contributed by atoms with Crippen LogP contribution in [0.5, 0.6) is 5.75 Å². The van der Waals surface area contributed by atoms with Gasteiger partial charge in [0.1, 0.15) is 11.4 Å². The molecule has 3 N–H and O–H groups in total. The number of β-amino-alcohol motifs (C(OH)–C–C–N with tert-alkyl or cyclic N) is 1. The van der Waals surface area contributed by atoms with Gasteiger partial charge in [0.15, 0.2) is 5.82 Å². The summed E-state index contributed by atoms with van der Waals surface area (Å²) in [7, 11) is 0. The maximum Gasteiger partial charge on any atom is 0.416 e. The second-order valence-corrected chi connectivity index (χ2v) is 9.60. The Bertz CT molecular complexity index is 1070. The van der Waals surface area contributed by atoms with Crippen LogP contribution in [0.15, 0.2) is 18.2 Å². The number of hydrogen-bond donors (Lipinski definition) is 3. The highest BCUT2D eigenvalue weighted by molar-refractivity contribution is 5.73. The molecule has 11 heteroatoms. The number of anilines is 1. The molecule has 0 unspecified atom stereocenters. The van der Waals surface area contributed by atoms with Crippen molar-refractivity contribution in [1.29, 1.82) is 0 Å². The van der Waals surface area contributed by atoms with E-state index in [-0.39, 0.29) is 24.3 Å². The standard InChI is InChI=1S/C24H30F3N5O3/c25-24(26,27)15-3-4-18(21(34)10-15)22-19-13-35-14-20(19)23(30-29-22)28-16-2-1-6-31(11-16)8-9-32-7-5-17(33)12-32/h3-4,10,16-17,33-34H,1-2,5-9,11-14H2,(H,28,30)/t16-,17+/m1/s1. The van der Waals surface area contributed by atoms with Crippen LogP contribution in [0.4, 0.5) is 19.0 Å². The van der Waals surface area contributed by atoms with Gasteiger partial charge >= 0.3 is 6.18 Å². The third-order valence-electron chi connectivity index (χ3n) is 7.09. The van der Waals surface area contributed by atoms with Crippen LogP contribution >= 0.6 is 0 Å². The van der Waals surface area contributed by atoms with Crippen molar-refractivity contribution in [1.82, 2.24) is 20.0 Å². The van der Waals surface area contributed by atoms with Gasteiger partial charge in [-0.05, 0) is 44.0 Å². The fraction of sp³-hybridized carbons (Fsp3) is 0.583. The highest BCUT2D eigenvalue weighted by Gasteiger charge is 2.32. The average molecular weight is 494 g/mol. The van der Waals surface area contributed by atoms with E-state index in [2.05, 4.69) is 25.3 Å². The zero-order chi connectivity index (χ0) is 24.6. The van der Waals surface area contributed by atoms with Crippen molar-refractivity contribution in [3.05, 3.63) is 34.9 Å². The number of benzene rings is 1. The van der Waals surface area contributed by atoms with Crippen molar-refractivity contribution in [3.63, 3.8) is 0 Å². The molecule has 4 heterocycles. The number of nitrogens with one attached hydrogen (secondary N) is 1. The number of nitrogens with zero attached hydrogens (tertiary/aromatic N) is 4. The molecule has 1 aromatic carbocycles. The first-order chi connectivity index (χ1) is 16.8. The molecule has 3 aliphatic heterocycles. The predicted octanol–water partition coefficient (Wildman–Crippen LogP) is 2.84. The van der Waals surface area contributed by atoms with Gasteiger partial charge in [-0.1, -0.05) is 0 Å². The van der Waals surface area contributed by atoms with Crippen LogP contribution in [0.3, 0.4) is 0 Å². The van der Waals surface area contributed by atoms with E-state index in [9.17, 15) is 23.4 Å². The van der Waals surface area contributed by atoms with Crippen molar-refractivity contribution in [2.45, 2.75) is 50.8 Å². The van der Waals surface area contributed by atoms with E-state index in [0.29, 0.717) is 24.2 Å². The average Bonchev–Trinajstić information content (AvgIpc) is 3.47. The molecule has 190 valence electrons. The molecule has 0 saturated carbocycles. The molecule has 0 bridgehead atoms. The van der Waals surface area contributed by atoms with Gasteiger partial charge in [0, 0.05) is 55.5 Å². The monoisotopic (exact) mass is 493 g/mol. The van der Waals surface area contributed by atoms with E-state index in [1.807, 2.05) is 0 Å². The Morgan fingerprint density at radius 2 is 1.80 bits per heavy atom. The van der Waals surface area contributed by atoms with E-state index < -0.39 is 17.5 Å². The molecular formula is C24H30F3N5O3. The fourth-order valence-electron chi connectivity index (χ4n) is 5.18. The third kappa shape index (κ3) is 5.37. The first kappa shape index (κ1) is 24.2. The Kier molecular flexibility index (Phi) is 6.84. The first-order valence-electron chi connectivity index (χ1n) is 12.0. The maximum atomic E-state index is 13.0. The molecule has 2 atom stereocenters. The molecule has 0 amide bonds. The number of fused-ring (bicyclic) bond motifs is 1. The quantitative estimate of drug-likeness (QED) is 0.566. The second-order valence-electron chi connectivity index (χ2n) is 9.60. The Morgan fingerprint density at radius 3 is 2.51 bits per heavy atom. The minimum Gasteiger partial charge on any atom is -0.507 e. The summed E-state index contributed by atoms with van der Waals surface area (Å²) >= 11 is 0. The molecular weight excluding hydrogens is 463 g/mol. The van der Waals surface area contributed by atoms with Gasteiger partial charge < -0.3 is 25.2 Å². The Labute approximate surface area is 201 Å². The lowest BCUT2D eigenvalue weighted by Gasteiger charge is -2.34. The largest absolute Gasteiger partial charge is 0.507 e. The zero-order valence-corrected chi connectivity index (χ0v) is 19.4. The summed E-state index contributed by atoms with van der Waals surface area (Å²) in [5.41, 5.74) is 1.19. The molecule has 5 rings (SSSR count). The second kappa shape index (κ2) is 9.88. The minimum atomic E-state index is -4.54. The lowest BCUT2D eigenvalue weighted by molar-refractivity contribution is -0.137. The molecule has 1 aromatic heterocycles. The number of aliphatic hydroxyl groups is 1. The van der Waals surface area contributed by atoms with Gasteiger partial charge in [0.05, 0.1) is 24.9 Å². The number of halogens is 3. The van der Waals surface area contributed by atoms with Gasteiger partial charge in [-0.3, -0.25) is 4.90 Å². The number of aromatic nitrogens is 2. The van der Waals surface area contributed by atoms with E-state index in [1.165, 1.54) is 6.07 Å². The summed E-state index contributed by atoms with van der Waals surface area (Å²) in [4.78, 5) is 4.72. The molecule has 0 radical (unpaired) electrons. The van der Waals surface area contributed by atoms with Crippen molar-refractivity contribution in [2.75, 3.05) is 44.6 Å². The number of ether oxygens (including phenoxy) is 1. The lowest BCUT2D eigenvalue weighted by Crippen LogP contribution is -2.45. The van der Waals surface area contributed by atoms with E-state index in [1.54, 1.807) is 0 Å². The molecule has 0 aliphatic carbocycles. The summed E-state index contributed by atoms with van der Waals surface area (Å²) in [6.07, 6.45) is -1.84. The first-order valence-corrected chi connectivity index (χ1v) is 12.0. The van der Waals surface area contributed by atoms with Gasteiger partial charge in [-0.15, -0.1) is 10.2 Å². The van der Waals surface area contributed by atoms with Crippen LogP contribution < -0.4 is 5.32 Å². The molecule has 2 aromatic rings. The van der Waals surface area contributed by atoms with Crippen molar-refractivity contribution < 1.29 is 28.1 Å². The topological polar surface area (TPSA) is 94.0 Å². The number of rotatable bonds is 6. The summed E-state index contributed by atoms with van der Waals surface area (Å²) < 4.78 is 44.6. The Hall–Kier alpha value is -2.47. The van der Waals surface area contributed by atoms with Gasteiger partial charge in [0.25, 0.3) is 0 Å². The lowest BCUT2D eigenvalue weighted by atomic mass is 10.0. The number of hydrogen-bond acceptors (Lipinski definition) is 8. The predicted molar refractivity (Wildman–Crippen MR) is 123 cm³/mol. The van der Waals surface area contributed by atoms with E-state index in [0.717, 1.165) is 75.7 Å². The molecule has 2 saturated heterocycles. The van der Waals surface area contributed by atoms with Crippen LogP contribution in [0, 0.1) is 0 Å². The zero-order valence-electron chi connectivity index (χ0n) is 19.4. The number of aromatic hydroxyl groups is 1. The van der Waals surface area contributed by atoms with E-state index >= 15 is 0 Å². The van der Waals surface area contributed by atoms with Gasteiger partial charge in [-0.25, -0.2) is 0 Å². The summed E-state index contributed by atoms with van der Waals surface area (Å²) in [5.74, 6) is 0.138. The Balaban J connectivity index is 1.28. The van der Waals surface area contributed by atoms with Crippen LogP contribution in [-0.2, 0) is 24.1 Å². The summed E-state index contributed by atoms with van der Waals surface area (Å²) in [6, 6.07) is 3.07. The molecule has 35 heavy (non-hydrogen) atoms. The smallest absolute Gasteiger partial charge is 0.416 e. The Morgan fingerprint density at radius 1 is 1.03 bits per heavy atom. The molecule has 0 spiro atoms. The van der Waals surface area contributed by atoms with Crippen molar-refractivity contribution in [2.24, 2.45) is 0 Å². The summed E-state index contributed by atoms with van der Waals surface area (Å²) in [6.45, 7) is 6.07. The van der Waals surface area contributed by atoms with Crippen molar-refractivity contribution >= 4 is 5.82 Å². The summed E-state index contributed by atoms with van der Waals surface area (Å²) in [5, 5.41) is 32.2. The van der Waals surface area contributed by atoms with Crippen LogP contribution in [-0.4, -0.2) is 81.6 Å². The van der Waals surface area contributed by atoms with Crippen LogP contribution in [0.1, 0.15) is 36.0 Å². The van der Waals surface area contributed by atoms with Crippen LogP contribution in [0.25, 0.3) is 11.3 Å². The van der Waals surface area contributed by atoms with Crippen LogP contribution in [0.2, 0.25) is 0 Å². The SMILES string of the molecule is Oc1cc(C(F)(F)F)ccc1-c1nnc(N[C@@H]2CCCN(CCN3CC[C@H](O)C3)C2)c2c1COC2. The molecule has 2 fully saturated rings. The van der Waals surface area contributed by atoms with E-state index in [4.69, 9.17) is 4.74 Å². The minimum absolute atomic E-state index is 0.192. The molecule has 8 nitrogen and oxygen atoms in total. The third-order valence-corrected chi connectivity index (χ3v) is 7.09. The fourth-order valence-corrected chi connectivity index (χ4v) is 5.18. The highest BCUT2D eigenvalue weighted by Crippen LogP contribution is 2.39. The highest BCUT2D eigenvalue weighted by atomic mass is 19.4. The van der Waals surface area contributed by atoms with Gasteiger partial charge in [-0.2, -0.15) is 13.2 Å². The van der Waals surface area contributed by atoms with Gasteiger partial charge in [0.2, 0.25) is 0 Å². The number of piperidine rings is 1.